The van der Waals surface area contributed by atoms with Gasteiger partial charge in [0.2, 0.25) is 0 Å². The third-order valence-corrected chi connectivity index (χ3v) is 5.49. The van der Waals surface area contributed by atoms with E-state index in [4.69, 9.17) is 9.47 Å². The molecule has 7 heteroatoms. The first-order chi connectivity index (χ1) is 14.2. The largest absolute Gasteiger partial charge is 0.478 e. The van der Waals surface area contributed by atoms with Crippen molar-refractivity contribution in [2.75, 3.05) is 24.7 Å². The molecule has 0 unspecified atom stereocenters. The lowest BCUT2D eigenvalue weighted by molar-refractivity contribution is 0.0940. The second-order valence-corrected chi connectivity index (χ2v) is 7.64. The molecule has 0 amide bonds. The highest BCUT2D eigenvalue weighted by Gasteiger charge is 2.28. The van der Waals surface area contributed by atoms with Gasteiger partial charge in [0.25, 0.3) is 0 Å². The zero-order valence-corrected chi connectivity index (χ0v) is 16.5. The van der Waals surface area contributed by atoms with Crippen LogP contribution in [0.2, 0.25) is 0 Å². The molecule has 2 aliphatic rings. The number of ketones is 2. The van der Waals surface area contributed by atoms with Crippen LogP contribution in [0.4, 0.5) is 0 Å². The van der Waals surface area contributed by atoms with Crippen molar-refractivity contribution in [2.45, 2.75) is 12.1 Å². The van der Waals surface area contributed by atoms with Crippen LogP contribution < -0.4 is 0 Å². The summed E-state index contributed by atoms with van der Waals surface area (Å²) in [5.74, 6) is 2.10. The van der Waals surface area contributed by atoms with Gasteiger partial charge >= 0.3 is 0 Å². The molecule has 0 saturated carbocycles. The first kappa shape index (κ1) is 19.4. The topological polar surface area (TPSA) is 77.3 Å². The zero-order chi connectivity index (χ0) is 20.1. The molecule has 2 aliphatic heterocycles. The van der Waals surface area contributed by atoms with Gasteiger partial charge in [-0.25, -0.2) is 9.98 Å². The highest BCUT2D eigenvalue weighted by Crippen LogP contribution is 2.17. The molecular weight excluding hydrogens is 388 g/mol. The monoisotopic (exact) mass is 408 g/mol. The van der Waals surface area contributed by atoms with Crippen LogP contribution in [0.15, 0.2) is 70.6 Å². The van der Waals surface area contributed by atoms with Crippen molar-refractivity contribution in [3.8, 4) is 0 Å². The molecule has 2 aromatic carbocycles. The van der Waals surface area contributed by atoms with Crippen molar-refractivity contribution >= 4 is 35.1 Å². The molecule has 2 heterocycles. The predicted molar refractivity (Wildman–Crippen MR) is 113 cm³/mol. The van der Waals surface area contributed by atoms with Crippen LogP contribution in [0.25, 0.3) is 0 Å². The predicted octanol–water partition coefficient (Wildman–Crippen LogP) is 3.08. The van der Waals surface area contributed by atoms with Crippen molar-refractivity contribution in [1.29, 1.82) is 0 Å². The first-order valence-electron chi connectivity index (χ1n) is 9.36. The molecule has 0 saturated heterocycles. The third-order valence-electron chi connectivity index (χ3n) is 4.59. The highest BCUT2D eigenvalue weighted by atomic mass is 32.2. The number of hydrogen-bond donors (Lipinski definition) is 0. The van der Waals surface area contributed by atoms with Crippen molar-refractivity contribution in [1.82, 2.24) is 0 Å². The Labute approximate surface area is 173 Å². The van der Waals surface area contributed by atoms with E-state index in [1.807, 2.05) is 36.4 Å². The molecule has 2 atom stereocenters. The summed E-state index contributed by atoms with van der Waals surface area (Å²) in [4.78, 5) is 33.7. The molecule has 2 aromatic rings. The standard InChI is InChI=1S/C22H20N2O4S/c25-21(15-7-3-1-4-8-15)17-11-27-19(23-17)13-29-14-20-24-18(12-28-20)22(26)16-9-5-2-6-10-16/h1-10,17-18H,11-14H2/t17-,18+. The summed E-state index contributed by atoms with van der Waals surface area (Å²) in [6.07, 6.45) is 0. The van der Waals surface area contributed by atoms with Gasteiger partial charge in [0.05, 0.1) is 11.5 Å². The van der Waals surface area contributed by atoms with Gasteiger partial charge in [-0.15, -0.1) is 11.8 Å². The first-order valence-corrected chi connectivity index (χ1v) is 10.5. The maximum absolute atomic E-state index is 12.4. The molecule has 0 fully saturated rings. The fourth-order valence-corrected chi connectivity index (χ4v) is 3.86. The summed E-state index contributed by atoms with van der Waals surface area (Å²) in [6.45, 7) is 0.545. The second-order valence-electron chi connectivity index (χ2n) is 6.65. The Morgan fingerprint density at radius 1 is 0.759 bits per heavy atom. The number of hydrogen-bond acceptors (Lipinski definition) is 7. The smallest absolute Gasteiger partial charge is 0.194 e. The minimum atomic E-state index is -0.485. The Kier molecular flexibility index (Phi) is 6.05. The van der Waals surface area contributed by atoms with Crippen molar-refractivity contribution < 1.29 is 19.1 Å². The summed E-state index contributed by atoms with van der Waals surface area (Å²) in [5.41, 5.74) is 1.28. The minimum absolute atomic E-state index is 0.0311. The number of benzene rings is 2. The SMILES string of the molecule is O=C(c1ccccc1)[C@@H]1COC(CSCC2=N[C@@H](C(=O)c3ccccc3)CO2)=N1. The normalized spacial score (nSPS) is 20.4. The van der Waals surface area contributed by atoms with E-state index >= 15 is 0 Å². The van der Waals surface area contributed by atoms with Gasteiger partial charge in [-0.2, -0.15) is 0 Å². The summed E-state index contributed by atoms with van der Waals surface area (Å²) in [7, 11) is 0. The van der Waals surface area contributed by atoms with E-state index in [-0.39, 0.29) is 24.8 Å². The number of thioether (sulfide) groups is 1. The van der Waals surface area contributed by atoms with E-state index < -0.39 is 12.1 Å². The van der Waals surface area contributed by atoms with Crippen LogP contribution in [0.3, 0.4) is 0 Å². The Balaban J connectivity index is 1.26. The molecule has 0 aliphatic carbocycles. The fraction of sp³-hybridized carbons (Fsp3) is 0.273. The van der Waals surface area contributed by atoms with E-state index in [1.165, 1.54) is 11.8 Å². The number of aliphatic imine (C=N–C) groups is 2. The van der Waals surface area contributed by atoms with E-state index in [2.05, 4.69) is 9.98 Å². The number of rotatable bonds is 8. The van der Waals surface area contributed by atoms with Gasteiger partial charge < -0.3 is 9.47 Å². The molecule has 0 N–H and O–H groups in total. The van der Waals surface area contributed by atoms with Crippen molar-refractivity contribution in [3.05, 3.63) is 71.8 Å². The number of Topliss-reactive ketones (excluding diaryl/α,β-unsaturated/α-hetero) is 2. The van der Waals surface area contributed by atoms with Crippen LogP contribution in [0.1, 0.15) is 20.7 Å². The lowest BCUT2D eigenvalue weighted by Crippen LogP contribution is -2.19. The van der Waals surface area contributed by atoms with E-state index in [0.29, 0.717) is 34.4 Å². The molecule has 0 radical (unpaired) electrons. The molecule has 4 rings (SSSR count). The maximum atomic E-state index is 12.4. The maximum Gasteiger partial charge on any atom is 0.194 e. The number of nitrogens with zero attached hydrogens (tertiary/aromatic N) is 2. The zero-order valence-electron chi connectivity index (χ0n) is 15.7. The molecule has 0 aromatic heterocycles. The second kappa shape index (κ2) is 9.05. The summed E-state index contributed by atoms with van der Waals surface area (Å²) >= 11 is 1.53. The Morgan fingerprint density at radius 2 is 1.17 bits per heavy atom. The highest BCUT2D eigenvalue weighted by molar-refractivity contribution is 8.00. The fourth-order valence-electron chi connectivity index (χ4n) is 3.09. The summed E-state index contributed by atoms with van der Waals surface area (Å²) < 4.78 is 11.1. The van der Waals surface area contributed by atoms with Gasteiger partial charge in [0.15, 0.2) is 35.4 Å². The van der Waals surface area contributed by atoms with Crippen LogP contribution in [0.5, 0.6) is 0 Å². The van der Waals surface area contributed by atoms with Crippen LogP contribution >= 0.6 is 11.8 Å². The average molecular weight is 408 g/mol. The van der Waals surface area contributed by atoms with E-state index in [0.717, 1.165) is 0 Å². The van der Waals surface area contributed by atoms with Gasteiger partial charge in [0, 0.05) is 11.1 Å². The van der Waals surface area contributed by atoms with Crippen molar-refractivity contribution in [3.63, 3.8) is 0 Å². The number of ether oxygens (including phenoxy) is 2. The van der Waals surface area contributed by atoms with Crippen LogP contribution in [-0.4, -0.2) is 60.2 Å². The van der Waals surface area contributed by atoms with Gasteiger partial charge in [0.1, 0.15) is 13.2 Å². The summed E-state index contributed by atoms with van der Waals surface area (Å²) in [5, 5.41) is 0. The molecule has 0 bridgehead atoms. The number of carbonyl (C=O) groups is 2. The molecular formula is C22H20N2O4S. The van der Waals surface area contributed by atoms with Gasteiger partial charge in [-0.3, -0.25) is 9.59 Å². The van der Waals surface area contributed by atoms with Crippen LogP contribution in [-0.2, 0) is 9.47 Å². The molecule has 0 spiro atoms. The number of carbonyl (C=O) groups excluding carboxylic acids is 2. The summed E-state index contributed by atoms with van der Waals surface area (Å²) in [6, 6.07) is 17.3. The minimum Gasteiger partial charge on any atom is -0.478 e. The molecule has 6 nitrogen and oxygen atoms in total. The third kappa shape index (κ3) is 4.74. The van der Waals surface area contributed by atoms with Crippen LogP contribution in [0, 0.1) is 0 Å². The van der Waals surface area contributed by atoms with E-state index in [9.17, 15) is 9.59 Å². The lowest BCUT2D eigenvalue weighted by atomic mass is 10.1. The Morgan fingerprint density at radius 3 is 1.59 bits per heavy atom. The Hall–Kier alpha value is -2.93. The lowest BCUT2D eigenvalue weighted by Gasteiger charge is -2.03. The average Bonchev–Trinajstić information content (AvgIpc) is 3.44. The molecule has 148 valence electrons. The van der Waals surface area contributed by atoms with E-state index in [1.54, 1.807) is 24.3 Å². The van der Waals surface area contributed by atoms with Crippen molar-refractivity contribution in [2.24, 2.45) is 9.98 Å². The van der Waals surface area contributed by atoms with Gasteiger partial charge in [-0.05, 0) is 0 Å². The Bertz CT molecular complexity index is 866. The van der Waals surface area contributed by atoms with Gasteiger partial charge in [-0.1, -0.05) is 60.7 Å². The quantitative estimate of drug-likeness (QED) is 0.628. The molecule has 29 heavy (non-hydrogen) atoms.